The highest BCUT2D eigenvalue weighted by atomic mass is 32.1. The normalized spacial score (nSPS) is 13.7. The van der Waals surface area contributed by atoms with Gasteiger partial charge in [-0.25, -0.2) is 4.98 Å². The van der Waals surface area contributed by atoms with Gasteiger partial charge in [0.2, 0.25) is 5.91 Å². The summed E-state index contributed by atoms with van der Waals surface area (Å²) < 4.78 is 1.58. The molecular formula is C22H25N3O2S. The van der Waals surface area contributed by atoms with Crippen molar-refractivity contribution in [1.82, 2.24) is 9.55 Å². The van der Waals surface area contributed by atoms with Crippen LogP contribution >= 0.6 is 11.3 Å². The van der Waals surface area contributed by atoms with Gasteiger partial charge in [0, 0.05) is 23.5 Å². The number of fused-ring (bicyclic) bond motifs is 3. The summed E-state index contributed by atoms with van der Waals surface area (Å²) in [6.07, 6.45) is 6.15. The van der Waals surface area contributed by atoms with E-state index in [0.29, 0.717) is 12.5 Å². The number of hydrogen-bond acceptors (Lipinski definition) is 4. The van der Waals surface area contributed by atoms with E-state index in [1.54, 1.807) is 22.2 Å². The SMILES string of the molecule is CC(C)c1ccccc1NC(=O)CCn1cnc2sc3c(c2c1=O)CCCC3. The molecule has 1 N–H and O–H groups in total. The Labute approximate surface area is 168 Å². The largest absolute Gasteiger partial charge is 0.326 e. The van der Waals surface area contributed by atoms with Crippen molar-refractivity contribution in [3.05, 3.63) is 57.0 Å². The van der Waals surface area contributed by atoms with Crippen LogP contribution in [0.4, 0.5) is 5.69 Å². The number of aryl methyl sites for hydroxylation is 3. The molecule has 0 radical (unpaired) electrons. The number of anilines is 1. The predicted molar refractivity (Wildman–Crippen MR) is 114 cm³/mol. The lowest BCUT2D eigenvalue weighted by molar-refractivity contribution is -0.116. The van der Waals surface area contributed by atoms with Crippen LogP contribution in [0.3, 0.4) is 0 Å². The maximum absolute atomic E-state index is 13.0. The lowest BCUT2D eigenvalue weighted by atomic mass is 9.97. The molecule has 0 unspecified atom stereocenters. The number of benzene rings is 1. The Morgan fingerprint density at radius 2 is 2.04 bits per heavy atom. The lowest BCUT2D eigenvalue weighted by Crippen LogP contribution is -2.24. The van der Waals surface area contributed by atoms with Crippen molar-refractivity contribution in [1.29, 1.82) is 0 Å². The number of carbonyl (C=O) groups excluding carboxylic acids is 1. The molecule has 1 aliphatic rings. The van der Waals surface area contributed by atoms with Gasteiger partial charge in [-0.3, -0.25) is 14.2 Å². The zero-order valence-corrected chi connectivity index (χ0v) is 17.1. The maximum atomic E-state index is 13.0. The molecule has 0 saturated heterocycles. The van der Waals surface area contributed by atoms with E-state index in [1.807, 2.05) is 24.3 Å². The van der Waals surface area contributed by atoms with Crippen molar-refractivity contribution in [2.75, 3.05) is 5.32 Å². The molecule has 0 fully saturated rings. The predicted octanol–water partition coefficient (Wildman–Crippen LogP) is 4.49. The minimum Gasteiger partial charge on any atom is -0.326 e. The molecule has 1 aromatic carbocycles. The summed E-state index contributed by atoms with van der Waals surface area (Å²) in [5.41, 5.74) is 3.13. The average molecular weight is 396 g/mol. The first kappa shape index (κ1) is 18.9. The minimum atomic E-state index is -0.0903. The van der Waals surface area contributed by atoms with E-state index in [4.69, 9.17) is 0 Å². The molecule has 2 aromatic heterocycles. The van der Waals surface area contributed by atoms with Crippen LogP contribution in [0.25, 0.3) is 10.2 Å². The molecule has 3 aromatic rings. The first-order valence-electron chi connectivity index (χ1n) is 9.93. The number of nitrogens with one attached hydrogen (secondary N) is 1. The van der Waals surface area contributed by atoms with Gasteiger partial charge in [-0.05, 0) is 48.8 Å². The Bertz CT molecular complexity index is 1080. The Morgan fingerprint density at radius 3 is 2.86 bits per heavy atom. The minimum absolute atomic E-state index is 0.0141. The van der Waals surface area contributed by atoms with Crippen molar-refractivity contribution in [3.8, 4) is 0 Å². The lowest BCUT2D eigenvalue weighted by Gasteiger charge is -2.14. The van der Waals surface area contributed by atoms with Crippen LogP contribution in [0.5, 0.6) is 0 Å². The van der Waals surface area contributed by atoms with E-state index in [1.165, 1.54) is 16.9 Å². The average Bonchev–Trinajstić information content (AvgIpc) is 3.07. The summed E-state index contributed by atoms with van der Waals surface area (Å²) in [6, 6.07) is 7.85. The number of nitrogens with zero attached hydrogens (tertiary/aromatic N) is 2. The smallest absolute Gasteiger partial charge is 0.262 e. The summed E-state index contributed by atoms with van der Waals surface area (Å²) in [5.74, 6) is 0.239. The molecular weight excluding hydrogens is 370 g/mol. The third-order valence-electron chi connectivity index (χ3n) is 5.38. The summed E-state index contributed by atoms with van der Waals surface area (Å²) in [5, 5.41) is 3.76. The highest BCUT2D eigenvalue weighted by Gasteiger charge is 2.20. The molecule has 6 heteroatoms. The third-order valence-corrected chi connectivity index (χ3v) is 6.58. The molecule has 0 bridgehead atoms. The van der Waals surface area contributed by atoms with E-state index in [-0.39, 0.29) is 17.9 Å². The van der Waals surface area contributed by atoms with Gasteiger partial charge >= 0.3 is 0 Å². The topological polar surface area (TPSA) is 64.0 Å². The Morgan fingerprint density at radius 1 is 1.25 bits per heavy atom. The fourth-order valence-electron chi connectivity index (χ4n) is 3.89. The van der Waals surface area contributed by atoms with Crippen LogP contribution in [0.1, 0.15) is 55.0 Å². The molecule has 0 atom stereocenters. The molecule has 146 valence electrons. The van der Waals surface area contributed by atoms with E-state index in [9.17, 15) is 9.59 Å². The number of amides is 1. The molecule has 0 saturated carbocycles. The van der Waals surface area contributed by atoms with Crippen molar-refractivity contribution in [2.45, 2.75) is 58.4 Å². The van der Waals surface area contributed by atoms with Crippen LogP contribution in [0.2, 0.25) is 0 Å². The van der Waals surface area contributed by atoms with Crippen molar-refractivity contribution < 1.29 is 4.79 Å². The summed E-state index contributed by atoms with van der Waals surface area (Å²) in [4.78, 5) is 32.1. The molecule has 1 aliphatic carbocycles. The van der Waals surface area contributed by atoms with E-state index in [0.717, 1.165) is 40.7 Å². The fraction of sp³-hybridized carbons (Fsp3) is 0.409. The number of para-hydroxylation sites is 1. The van der Waals surface area contributed by atoms with Crippen LogP contribution in [0, 0.1) is 0 Å². The van der Waals surface area contributed by atoms with Crippen molar-refractivity contribution >= 4 is 33.1 Å². The van der Waals surface area contributed by atoms with Crippen LogP contribution in [-0.2, 0) is 24.2 Å². The van der Waals surface area contributed by atoms with Crippen LogP contribution in [0.15, 0.2) is 35.4 Å². The van der Waals surface area contributed by atoms with Gasteiger partial charge in [0.05, 0.1) is 11.7 Å². The first-order chi connectivity index (χ1) is 13.5. The fourth-order valence-corrected chi connectivity index (χ4v) is 5.11. The van der Waals surface area contributed by atoms with Crippen molar-refractivity contribution in [3.63, 3.8) is 0 Å². The van der Waals surface area contributed by atoms with E-state index < -0.39 is 0 Å². The highest BCUT2D eigenvalue weighted by Crippen LogP contribution is 2.33. The van der Waals surface area contributed by atoms with E-state index in [2.05, 4.69) is 24.1 Å². The van der Waals surface area contributed by atoms with Crippen molar-refractivity contribution in [2.24, 2.45) is 0 Å². The van der Waals surface area contributed by atoms with Gasteiger partial charge in [0.15, 0.2) is 0 Å². The Hall–Kier alpha value is -2.47. The second kappa shape index (κ2) is 7.87. The van der Waals surface area contributed by atoms with Gasteiger partial charge in [0.1, 0.15) is 4.83 Å². The Kier molecular flexibility index (Phi) is 5.31. The van der Waals surface area contributed by atoms with E-state index >= 15 is 0 Å². The molecule has 5 nitrogen and oxygen atoms in total. The highest BCUT2D eigenvalue weighted by molar-refractivity contribution is 7.18. The van der Waals surface area contributed by atoms with Gasteiger partial charge < -0.3 is 5.32 Å². The monoisotopic (exact) mass is 395 g/mol. The second-order valence-electron chi connectivity index (χ2n) is 7.67. The molecule has 4 rings (SSSR count). The maximum Gasteiger partial charge on any atom is 0.262 e. The molecule has 2 heterocycles. The summed E-state index contributed by atoms with van der Waals surface area (Å²) in [7, 11) is 0. The van der Waals surface area contributed by atoms with Gasteiger partial charge in [-0.2, -0.15) is 0 Å². The quantitative estimate of drug-likeness (QED) is 0.692. The standard InChI is InChI=1S/C22H25N3O2S/c1-14(2)15-7-3-5-9-17(15)24-19(26)11-12-25-13-23-21-20(22(25)27)16-8-4-6-10-18(16)28-21/h3,5,7,9,13-14H,4,6,8,10-12H2,1-2H3,(H,24,26). The number of aromatic nitrogens is 2. The van der Waals surface area contributed by atoms with Gasteiger partial charge in [-0.1, -0.05) is 32.0 Å². The Balaban J connectivity index is 1.51. The molecule has 0 aliphatic heterocycles. The number of rotatable bonds is 5. The zero-order chi connectivity index (χ0) is 19.7. The second-order valence-corrected chi connectivity index (χ2v) is 8.76. The summed E-state index contributed by atoms with van der Waals surface area (Å²) in [6.45, 7) is 4.54. The van der Waals surface area contributed by atoms with Gasteiger partial charge in [-0.15, -0.1) is 11.3 Å². The molecule has 1 amide bonds. The third kappa shape index (κ3) is 3.61. The van der Waals surface area contributed by atoms with Crippen LogP contribution in [-0.4, -0.2) is 15.5 Å². The summed E-state index contributed by atoms with van der Waals surface area (Å²) >= 11 is 1.65. The number of carbonyl (C=O) groups is 1. The van der Waals surface area contributed by atoms with Gasteiger partial charge in [0.25, 0.3) is 5.56 Å². The number of thiophene rings is 1. The van der Waals surface area contributed by atoms with Crippen LogP contribution < -0.4 is 10.9 Å². The first-order valence-corrected chi connectivity index (χ1v) is 10.7. The number of hydrogen-bond donors (Lipinski definition) is 1. The molecule has 28 heavy (non-hydrogen) atoms. The molecule has 0 spiro atoms. The zero-order valence-electron chi connectivity index (χ0n) is 16.3.